The average molecular weight is 228 g/mol. The number of piperazine rings is 1. The first-order valence-electron chi connectivity index (χ1n) is 6.74. The molecule has 0 spiro atoms. The highest BCUT2D eigenvalue weighted by Crippen LogP contribution is 2.41. The van der Waals surface area contributed by atoms with Crippen molar-refractivity contribution in [1.29, 1.82) is 0 Å². The van der Waals surface area contributed by atoms with Gasteiger partial charge in [-0.3, -0.25) is 4.90 Å². The molecule has 0 radical (unpaired) electrons. The third kappa shape index (κ3) is 2.57. The van der Waals surface area contributed by atoms with Crippen LogP contribution >= 0.6 is 0 Å². The van der Waals surface area contributed by atoms with Crippen molar-refractivity contribution in [3.63, 3.8) is 0 Å². The van der Waals surface area contributed by atoms with Crippen LogP contribution in [-0.2, 0) is 0 Å². The summed E-state index contributed by atoms with van der Waals surface area (Å²) in [4.78, 5) is 2.37. The number of rotatable bonds is 5. The van der Waals surface area contributed by atoms with Crippen LogP contribution in [0.2, 0.25) is 0 Å². The Bertz CT molecular complexity index is 230. The molecule has 3 heteroatoms. The SMILES string of the molecule is CCCC1CNC(C)(C2CC2)CN1CCF. The lowest BCUT2D eigenvalue weighted by Crippen LogP contribution is -2.64. The van der Waals surface area contributed by atoms with Crippen LogP contribution in [0.3, 0.4) is 0 Å². The van der Waals surface area contributed by atoms with E-state index in [1.165, 1.54) is 25.7 Å². The Morgan fingerprint density at radius 1 is 1.44 bits per heavy atom. The van der Waals surface area contributed by atoms with Gasteiger partial charge in [0.25, 0.3) is 0 Å². The summed E-state index contributed by atoms with van der Waals surface area (Å²) in [5.74, 6) is 0.831. The van der Waals surface area contributed by atoms with Gasteiger partial charge in [-0.15, -0.1) is 0 Å². The van der Waals surface area contributed by atoms with Crippen LogP contribution in [0.5, 0.6) is 0 Å². The minimum atomic E-state index is -0.207. The molecule has 0 bridgehead atoms. The van der Waals surface area contributed by atoms with Crippen LogP contribution in [0.15, 0.2) is 0 Å². The third-order valence-electron chi connectivity index (χ3n) is 4.26. The topological polar surface area (TPSA) is 15.3 Å². The Labute approximate surface area is 98.6 Å². The second-order valence-corrected chi connectivity index (χ2v) is 5.67. The molecule has 2 rings (SSSR count). The normalized spacial score (nSPS) is 36.6. The molecular formula is C13H25FN2. The van der Waals surface area contributed by atoms with Gasteiger partial charge in [0.15, 0.2) is 0 Å². The monoisotopic (exact) mass is 228 g/mol. The Kier molecular flexibility index (Phi) is 3.85. The summed E-state index contributed by atoms with van der Waals surface area (Å²) in [7, 11) is 0. The first-order chi connectivity index (χ1) is 7.69. The molecule has 2 nitrogen and oxygen atoms in total. The lowest BCUT2D eigenvalue weighted by Gasteiger charge is -2.46. The van der Waals surface area contributed by atoms with Gasteiger partial charge in [0, 0.05) is 31.2 Å². The summed E-state index contributed by atoms with van der Waals surface area (Å²) >= 11 is 0. The summed E-state index contributed by atoms with van der Waals surface area (Å²) < 4.78 is 12.6. The van der Waals surface area contributed by atoms with Gasteiger partial charge in [-0.05, 0) is 32.1 Å². The highest BCUT2D eigenvalue weighted by atomic mass is 19.1. The van der Waals surface area contributed by atoms with Gasteiger partial charge < -0.3 is 5.32 Å². The standard InChI is InChI=1S/C13H25FN2/c1-3-4-12-9-15-13(2,11-5-6-11)10-16(12)8-7-14/h11-12,15H,3-10H2,1-2H3. The highest BCUT2D eigenvalue weighted by molar-refractivity contribution is 5.03. The first-order valence-corrected chi connectivity index (χ1v) is 6.74. The summed E-state index contributed by atoms with van der Waals surface area (Å²) in [6.45, 7) is 7.02. The fourth-order valence-corrected chi connectivity index (χ4v) is 3.07. The molecule has 0 amide bonds. The van der Waals surface area contributed by atoms with E-state index in [0.717, 1.165) is 19.0 Å². The fraction of sp³-hybridized carbons (Fsp3) is 1.00. The van der Waals surface area contributed by atoms with Crippen LogP contribution in [0.25, 0.3) is 0 Å². The van der Waals surface area contributed by atoms with Crippen molar-refractivity contribution >= 4 is 0 Å². The Balaban J connectivity index is 1.96. The maximum Gasteiger partial charge on any atom is 0.102 e. The van der Waals surface area contributed by atoms with Gasteiger partial charge in [0.1, 0.15) is 6.67 Å². The van der Waals surface area contributed by atoms with E-state index in [-0.39, 0.29) is 12.2 Å². The lowest BCUT2D eigenvalue weighted by atomic mass is 9.90. The molecule has 16 heavy (non-hydrogen) atoms. The lowest BCUT2D eigenvalue weighted by molar-refractivity contribution is 0.0651. The van der Waals surface area contributed by atoms with Crippen LogP contribution in [0.1, 0.15) is 39.5 Å². The molecule has 1 aliphatic heterocycles. The third-order valence-corrected chi connectivity index (χ3v) is 4.26. The smallest absolute Gasteiger partial charge is 0.102 e. The van der Waals surface area contributed by atoms with Crippen molar-refractivity contribution in [2.45, 2.75) is 51.1 Å². The average Bonchev–Trinajstić information content (AvgIpc) is 3.07. The van der Waals surface area contributed by atoms with Gasteiger partial charge in [-0.25, -0.2) is 4.39 Å². The molecule has 0 aromatic heterocycles. The second-order valence-electron chi connectivity index (χ2n) is 5.67. The van der Waals surface area contributed by atoms with Gasteiger partial charge in [0.05, 0.1) is 0 Å². The van der Waals surface area contributed by atoms with Crippen molar-refractivity contribution in [2.24, 2.45) is 5.92 Å². The molecule has 0 aromatic carbocycles. The number of hydrogen-bond donors (Lipinski definition) is 1. The molecule has 1 N–H and O–H groups in total. The summed E-state index contributed by atoms with van der Waals surface area (Å²) in [5.41, 5.74) is 0.249. The van der Waals surface area contributed by atoms with E-state index >= 15 is 0 Å². The molecule has 1 aliphatic carbocycles. The van der Waals surface area contributed by atoms with E-state index in [0.29, 0.717) is 12.6 Å². The number of nitrogens with zero attached hydrogens (tertiary/aromatic N) is 1. The van der Waals surface area contributed by atoms with Crippen molar-refractivity contribution in [1.82, 2.24) is 10.2 Å². The molecular weight excluding hydrogens is 203 g/mol. The Morgan fingerprint density at radius 2 is 2.19 bits per heavy atom. The van der Waals surface area contributed by atoms with Crippen molar-refractivity contribution in [2.75, 3.05) is 26.3 Å². The van der Waals surface area contributed by atoms with E-state index in [9.17, 15) is 4.39 Å². The number of alkyl halides is 1. The van der Waals surface area contributed by atoms with E-state index in [4.69, 9.17) is 0 Å². The number of hydrogen-bond acceptors (Lipinski definition) is 2. The van der Waals surface area contributed by atoms with Crippen molar-refractivity contribution < 1.29 is 4.39 Å². The minimum absolute atomic E-state index is 0.207. The molecule has 1 heterocycles. The molecule has 1 saturated heterocycles. The van der Waals surface area contributed by atoms with Gasteiger partial charge in [-0.1, -0.05) is 13.3 Å². The summed E-state index contributed by atoms with van der Waals surface area (Å²) in [6, 6.07) is 0.549. The molecule has 2 unspecified atom stereocenters. The fourth-order valence-electron chi connectivity index (χ4n) is 3.07. The van der Waals surface area contributed by atoms with E-state index in [1.54, 1.807) is 0 Å². The summed E-state index contributed by atoms with van der Waals surface area (Å²) in [5, 5.41) is 3.72. The molecule has 94 valence electrons. The predicted octanol–water partition coefficient (Wildman–Crippen LogP) is 2.20. The maximum absolute atomic E-state index is 12.6. The number of nitrogens with one attached hydrogen (secondary N) is 1. The zero-order valence-electron chi connectivity index (χ0n) is 10.6. The Morgan fingerprint density at radius 3 is 2.75 bits per heavy atom. The zero-order valence-corrected chi connectivity index (χ0v) is 10.6. The number of halogens is 1. The molecule has 2 fully saturated rings. The van der Waals surface area contributed by atoms with Crippen LogP contribution < -0.4 is 5.32 Å². The van der Waals surface area contributed by atoms with E-state index < -0.39 is 0 Å². The van der Waals surface area contributed by atoms with Gasteiger partial charge in [-0.2, -0.15) is 0 Å². The maximum atomic E-state index is 12.6. The van der Waals surface area contributed by atoms with Crippen LogP contribution in [-0.4, -0.2) is 42.8 Å². The predicted molar refractivity (Wildman–Crippen MR) is 65.4 cm³/mol. The minimum Gasteiger partial charge on any atom is -0.308 e. The van der Waals surface area contributed by atoms with E-state index in [1.807, 2.05) is 0 Å². The quantitative estimate of drug-likeness (QED) is 0.776. The van der Waals surface area contributed by atoms with Gasteiger partial charge in [0.2, 0.25) is 0 Å². The summed E-state index contributed by atoms with van der Waals surface area (Å²) in [6.07, 6.45) is 5.08. The first kappa shape index (κ1) is 12.3. The van der Waals surface area contributed by atoms with Crippen molar-refractivity contribution in [3.05, 3.63) is 0 Å². The van der Waals surface area contributed by atoms with Crippen LogP contribution in [0, 0.1) is 5.92 Å². The molecule has 0 aromatic rings. The highest BCUT2D eigenvalue weighted by Gasteiger charge is 2.45. The second kappa shape index (κ2) is 5.01. The van der Waals surface area contributed by atoms with Crippen molar-refractivity contribution in [3.8, 4) is 0 Å². The molecule has 1 saturated carbocycles. The van der Waals surface area contributed by atoms with E-state index in [2.05, 4.69) is 24.1 Å². The van der Waals surface area contributed by atoms with Gasteiger partial charge >= 0.3 is 0 Å². The molecule has 2 aliphatic rings. The zero-order chi connectivity index (χ0) is 11.6. The van der Waals surface area contributed by atoms with Crippen LogP contribution in [0.4, 0.5) is 4.39 Å². The molecule has 2 atom stereocenters. The largest absolute Gasteiger partial charge is 0.308 e. The Hall–Kier alpha value is -0.150.